The van der Waals surface area contributed by atoms with Crippen LogP contribution in [-0.4, -0.2) is 22.7 Å². The lowest BCUT2D eigenvalue weighted by Gasteiger charge is -1.95. The fourth-order valence-electron chi connectivity index (χ4n) is 1.33. The van der Waals surface area contributed by atoms with Crippen LogP contribution in [0.2, 0.25) is 0 Å². The minimum absolute atomic E-state index is 0.143. The van der Waals surface area contributed by atoms with Gasteiger partial charge in [0.2, 0.25) is 0 Å². The van der Waals surface area contributed by atoms with Gasteiger partial charge in [-0.15, -0.1) is 6.58 Å². The van der Waals surface area contributed by atoms with Crippen molar-refractivity contribution in [3.8, 4) is 6.08 Å². The third-order valence-electron chi connectivity index (χ3n) is 2.16. The van der Waals surface area contributed by atoms with Crippen molar-refractivity contribution >= 4 is 17.1 Å². The van der Waals surface area contributed by atoms with Crippen molar-refractivity contribution in [2.75, 3.05) is 6.61 Å². The summed E-state index contributed by atoms with van der Waals surface area (Å²) < 4.78 is 10.5. The number of aromatic nitrogens is 1. The van der Waals surface area contributed by atoms with E-state index in [9.17, 15) is 4.79 Å². The molecule has 88 valence electrons. The molecule has 0 aliphatic rings. The van der Waals surface area contributed by atoms with Gasteiger partial charge in [-0.2, -0.15) is 4.98 Å². The number of carboxylic acid groups (broad SMARTS) is 1. The van der Waals surface area contributed by atoms with Gasteiger partial charge >= 0.3 is 12.0 Å². The zero-order valence-corrected chi connectivity index (χ0v) is 9.05. The van der Waals surface area contributed by atoms with Crippen LogP contribution in [0.3, 0.4) is 0 Å². The van der Waals surface area contributed by atoms with Crippen LogP contribution in [0.15, 0.2) is 35.3 Å². The van der Waals surface area contributed by atoms with Gasteiger partial charge in [0, 0.05) is 0 Å². The van der Waals surface area contributed by atoms with Crippen molar-refractivity contribution < 1.29 is 19.1 Å². The number of hydrogen-bond acceptors (Lipinski definition) is 4. The zero-order chi connectivity index (χ0) is 12.3. The Kier molecular flexibility index (Phi) is 3.09. The van der Waals surface area contributed by atoms with Gasteiger partial charge in [-0.05, 0) is 24.6 Å². The summed E-state index contributed by atoms with van der Waals surface area (Å²) in [5.74, 6) is -1.00. The fraction of sp³-hybridized carbons (Fsp3) is 0.167. The van der Waals surface area contributed by atoms with Crippen LogP contribution >= 0.6 is 0 Å². The first kappa shape index (κ1) is 11.2. The van der Waals surface area contributed by atoms with E-state index in [0.717, 1.165) is 0 Å². The summed E-state index contributed by atoms with van der Waals surface area (Å²) in [5.41, 5.74) is 1.13. The lowest BCUT2D eigenvalue weighted by Crippen LogP contribution is -1.94. The predicted octanol–water partition coefficient (Wildman–Crippen LogP) is 2.48. The standard InChI is InChI=1S/C12H11NO4/c1-2-3-6-16-12-13-9-5-4-8(11(14)15)7-10(9)17-12/h2,4-5,7H,1,3,6H2,(H,14,15). The van der Waals surface area contributed by atoms with Gasteiger partial charge in [-0.3, -0.25) is 0 Å². The molecule has 1 aromatic carbocycles. The van der Waals surface area contributed by atoms with Gasteiger partial charge in [0.15, 0.2) is 5.58 Å². The topological polar surface area (TPSA) is 72.6 Å². The van der Waals surface area contributed by atoms with Gasteiger partial charge in [-0.25, -0.2) is 4.79 Å². The van der Waals surface area contributed by atoms with Crippen LogP contribution < -0.4 is 4.74 Å². The van der Waals surface area contributed by atoms with Crippen molar-refractivity contribution in [1.82, 2.24) is 4.98 Å². The highest BCUT2D eigenvalue weighted by Crippen LogP contribution is 2.21. The quantitative estimate of drug-likeness (QED) is 0.634. The molecule has 0 saturated carbocycles. The van der Waals surface area contributed by atoms with Gasteiger partial charge in [-0.1, -0.05) is 6.08 Å². The Morgan fingerprint density at radius 2 is 2.41 bits per heavy atom. The molecular formula is C12H11NO4. The van der Waals surface area contributed by atoms with E-state index in [2.05, 4.69) is 11.6 Å². The molecule has 0 bridgehead atoms. The van der Waals surface area contributed by atoms with E-state index in [1.165, 1.54) is 12.1 Å². The number of rotatable bonds is 5. The van der Waals surface area contributed by atoms with E-state index in [0.29, 0.717) is 24.1 Å². The van der Waals surface area contributed by atoms with Crippen molar-refractivity contribution in [3.05, 3.63) is 36.4 Å². The second-order valence-electron chi connectivity index (χ2n) is 3.39. The van der Waals surface area contributed by atoms with Crippen molar-refractivity contribution in [2.24, 2.45) is 0 Å². The average Bonchev–Trinajstić information content (AvgIpc) is 2.70. The summed E-state index contributed by atoms with van der Waals surface area (Å²) in [7, 11) is 0. The van der Waals surface area contributed by atoms with E-state index < -0.39 is 5.97 Å². The molecule has 5 heteroatoms. The molecule has 0 amide bonds. The highest BCUT2D eigenvalue weighted by atomic mass is 16.6. The number of oxazole rings is 1. The molecule has 17 heavy (non-hydrogen) atoms. The summed E-state index contributed by atoms with van der Waals surface area (Å²) >= 11 is 0. The summed E-state index contributed by atoms with van der Waals surface area (Å²) in [6.07, 6.45) is 2.56. The lowest BCUT2D eigenvalue weighted by molar-refractivity contribution is 0.0697. The number of benzene rings is 1. The highest BCUT2D eigenvalue weighted by molar-refractivity contribution is 5.91. The Morgan fingerprint density at radius 3 is 3.12 bits per heavy atom. The zero-order valence-electron chi connectivity index (χ0n) is 9.05. The average molecular weight is 233 g/mol. The van der Waals surface area contributed by atoms with Crippen LogP contribution in [0, 0.1) is 0 Å². The maximum atomic E-state index is 10.8. The monoisotopic (exact) mass is 233 g/mol. The lowest BCUT2D eigenvalue weighted by atomic mass is 10.2. The Bertz CT molecular complexity index is 559. The molecule has 5 nitrogen and oxygen atoms in total. The van der Waals surface area contributed by atoms with Crippen LogP contribution in [0.4, 0.5) is 0 Å². The Balaban J connectivity index is 2.24. The molecule has 1 heterocycles. The second kappa shape index (κ2) is 4.69. The number of aromatic carboxylic acids is 1. The number of fused-ring (bicyclic) bond motifs is 1. The van der Waals surface area contributed by atoms with E-state index in [1.54, 1.807) is 12.1 Å². The maximum Gasteiger partial charge on any atom is 0.394 e. The van der Waals surface area contributed by atoms with E-state index >= 15 is 0 Å². The minimum Gasteiger partial charge on any atom is -0.478 e. The SMILES string of the molecule is C=CCCOc1nc2ccc(C(=O)O)cc2o1. The molecule has 0 aliphatic heterocycles. The van der Waals surface area contributed by atoms with Crippen LogP contribution in [0.5, 0.6) is 6.08 Å². The largest absolute Gasteiger partial charge is 0.478 e. The number of nitrogens with zero attached hydrogens (tertiary/aromatic N) is 1. The van der Waals surface area contributed by atoms with Crippen LogP contribution in [-0.2, 0) is 0 Å². The van der Waals surface area contributed by atoms with E-state index in [-0.39, 0.29) is 11.6 Å². The smallest absolute Gasteiger partial charge is 0.394 e. The minimum atomic E-state index is -1.00. The molecule has 2 aromatic rings. The maximum absolute atomic E-state index is 10.8. The van der Waals surface area contributed by atoms with Crippen LogP contribution in [0.25, 0.3) is 11.1 Å². The first-order valence-corrected chi connectivity index (χ1v) is 5.08. The fourth-order valence-corrected chi connectivity index (χ4v) is 1.33. The summed E-state index contributed by atoms with van der Waals surface area (Å²) in [4.78, 5) is 14.8. The summed E-state index contributed by atoms with van der Waals surface area (Å²) in [6.45, 7) is 4.00. The van der Waals surface area contributed by atoms with Crippen molar-refractivity contribution in [3.63, 3.8) is 0 Å². The molecule has 0 radical (unpaired) electrons. The van der Waals surface area contributed by atoms with Gasteiger partial charge in [0.25, 0.3) is 0 Å². The van der Waals surface area contributed by atoms with Crippen molar-refractivity contribution in [2.45, 2.75) is 6.42 Å². The molecule has 0 atom stereocenters. The Labute approximate surface area is 97.3 Å². The van der Waals surface area contributed by atoms with Gasteiger partial charge in [0.05, 0.1) is 12.2 Å². The van der Waals surface area contributed by atoms with E-state index in [4.69, 9.17) is 14.3 Å². The van der Waals surface area contributed by atoms with Gasteiger partial charge < -0.3 is 14.3 Å². The number of ether oxygens (including phenoxy) is 1. The molecule has 0 fully saturated rings. The Hall–Kier alpha value is -2.30. The highest BCUT2D eigenvalue weighted by Gasteiger charge is 2.10. The molecule has 0 spiro atoms. The molecule has 0 unspecified atom stereocenters. The third kappa shape index (κ3) is 2.44. The van der Waals surface area contributed by atoms with E-state index in [1.807, 2.05) is 0 Å². The molecular weight excluding hydrogens is 222 g/mol. The predicted molar refractivity (Wildman–Crippen MR) is 61.3 cm³/mol. The summed E-state index contributed by atoms with van der Waals surface area (Å²) in [6, 6.07) is 4.48. The normalized spacial score (nSPS) is 10.4. The molecule has 2 rings (SSSR count). The number of hydrogen-bond donors (Lipinski definition) is 1. The molecule has 0 aliphatic carbocycles. The first-order valence-electron chi connectivity index (χ1n) is 5.08. The molecule has 1 aromatic heterocycles. The summed E-state index contributed by atoms with van der Waals surface area (Å²) in [5, 5.41) is 8.82. The third-order valence-corrected chi connectivity index (χ3v) is 2.16. The first-order chi connectivity index (χ1) is 8.20. The number of carboxylic acids is 1. The van der Waals surface area contributed by atoms with Crippen molar-refractivity contribution in [1.29, 1.82) is 0 Å². The second-order valence-corrected chi connectivity index (χ2v) is 3.39. The van der Waals surface area contributed by atoms with Gasteiger partial charge in [0.1, 0.15) is 5.52 Å². The molecule has 1 N–H and O–H groups in total. The number of carbonyl (C=O) groups is 1. The Morgan fingerprint density at radius 1 is 1.59 bits per heavy atom. The molecule has 0 saturated heterocycles. The van der Waals surface area contributed by atoms with Crippen LogP contribution in [0.1, 0.15) is 16.8 Å².